The molecule has 0 aliphatic rings. The quantitative estimate of drug-likeness (QED) is 0.581. The van der Waals surface area contributed by atoms with Crippen molar-refractivity contribution in [2.75, 3.05) is 13.1 Å². The Hall–Kier alpha value is -0.860. The summed E-state index contributed by atoms with van der Waals surface area (Å²) >= 11 is 0. The largest absolute Gasteiger partial charge is 0.342 e. The first kappa shape index (κ1) is 14.1. The van der Waals surface area contributed by atoms with Crippen LogP contribution in [0.5, 0.6) is 0 Å². The first-order chi connectivity index (χ1) is 7.11. The lowest BCUT2D eigenvalue weighted by atomic mass is 10.2. The molecule has 88 valence electrons. The first-order valence-corrected chi connectivity index (χ1v) is 5.89. The van der Waals surface area contributed by atoms with Crippen molar-refractivity contribution in [1.82, 2.24) is 4.90 Å². The zero-order valence-corrected chi connectivity index (χ0v) is 10.2. The summed E-state index contributed by atoms with van der Waals surface area (Å²) < 4.78 is 0. The van der Waals surface area contributed by atoms with Crippen molar-refractivity contribution < 1.29 is 9.59 Å². The van der Waals surface area contributed by atoms with Gasteiger partial charge in [0.05, 0.1) is 6.42 Å². The molecule has 0 rings (SSSR count). The fourth-order valence-electron chi connectivity index (χ4n) is 1.38. The maximum atomic E-state index is 11.7. The standard InChI is InChI=1S/C12H23NO2/c1-4-6-8-13(9-7-5-2)12(15)10-11(3)14/h4-10H2,1-3H3. The number of nitrogens with zero attached hydrogens (tertiary/aromatic N) is 1. The molecule has 0 atom stereocenters. The summed E-state index contributed by atoms with van der Waals surface area (Å²) in [4.78, 5) is 24.4. The number of rotatable bonds is 8. The van der Waals surface area contributed by atoms with E-state index in [0.29, 0.717) is 0 Å². The Bertz CT molecular complexity index is 194. The molecule has 0 aromatic heterocycles. The molecule has 15 heavy (non-hydrogen) atoms. The molecule has 3 nitrogen and oxygen atoms in total. The van der Waals surface area contributed by atoms with Crippen molar-refractivity contribution >= 4 is 11.7 Å². The van der Waals surface area contributed by atoms with Crippen molar-refractivity contribution in [3.63, 3.8) is 0 Å². The van der Waals surface area contributed by atoms with E-state index < -0.39 is 0 Å². The summed E-state index contributed by atoms with van der Waals surface area (Å²) in [6, 6.07) is 0. The third-order valence-corrected chi connectivity index (χ3v) is 2.32. The molecular formula is C12H23NO2. The van der Waals surface area contributed by atoms with Gasteiger partial charge in [0, 0.05) is 13.1 Å². The summed E-state index contributed by atoms with van der Waals surface area (Å²) in [5.74, 6) is -0.0533. The van der Waals surface area contributed by atoms with Gasteiger partial charge in [0.15, 0.2) is 0 Å². The molecule has 0 radical (unpaired) electrons. The van der Waals surface area contributed by atoms with Gasteiger partial charge in [-0.3, -0.25) is 9.59 Å². The number of amides is 1. The van der Waals surface area contributed by atoms with Crippen LogP contribution in [0.3, 0.4) is 0 Å². The summed E-state index contributed by atoms with van der Waals surface area (Å²) in [5, 5.41) is 0. The second kappa shape index (κ2) is 8.45. The van der Waals surface area contributed by atoms with Gasteiger partial charge < -0.3 is 4.90 Å². The minimum atomic E-state index is -0.0435. The van der Waals surface area contributed by atoms with E-state index in [1.54, 1.807) is 0 Å². The van der Waals surface area contributed by atoms with E-state index in [9.17, 15) is 9.59 Å². The lowest BCUT2D eigenvalue weighted by molar-refractivity contribution is -0.134. The molecule has 0 aromatic carbocycles. The molecule has 0 unspecified atom stereocenters. The molecule has 0 saturated heterocycles. The summed E-state index contributed by atoms with van der Waals surface area (Å²) in [6.07, 6.45) is 4.26. The van der Waals surface area contributed by atoms with Gasteiger partial charge in [-0.2, -0.15) is 0 Å². The van der Waals surface area contributed by atoms with Crippen molar-refractivity contribution in [2.24, 2.45) is 0 Å². The zero-order valence-electron chi connectivity index (χ0n) is 10.2. The molecule has 0 spiro atoms. The molecule has 0 heterocycles. The van der Waals surface area contributed by atoms with Crippen LogP contribution in [0, 0.1) is 0 Å². The highest BCUT2D eigenvalue weighted by Crippen LogP contribution is 2.02. The smallest absolute Gasteiger partial charge is 0.230 e. The van der Waals surface area contributed by atoms with Crippen LogP contribution < -0.4 is 0 Å². The molecular weight excluding hydrogens is 190 g/mol. The number of carbonyl (C=O) groups excluding carboxylic acids is 2. The Kier molecular flexibility index (Phi) is 7.96. The number of Topliss-reactive ketones (excluding diaryl/α,β-unsaturated/α-hetero) is 1. The number of hydrogen-bond acceptors (Lipinski definition) is 2. The average molecular weight is 213 g/mol. The van der Waals surface area contributed by atoms with E-state index >= 15 is 0 Å². The fourth-order valence-corrected chi connectivity index (χ4v) is 1.38. The van der Waals surface area contributed by atoms with E-state index in [-0.39, 0.29) is 18.1 Å². The third-order valence-electron chi connectivity index (χ3n) is 2.32. The second-order valence-electron chi connectivity index (χ2n) is 3.97. The van der Waals surface area contributed by atoms with Crippen LogP contribution in [0.2, 0.25) is 0 Å². The van der Waals surface area contributed by atoms with E-state index in [2.05, 4.69) is 13.8 Å². The predicted octanol–water partition coefficient (Wildman–Crippen LogP) is 2.39. The molecule has 0 bridgehead atoms. The van der Waals surface area contributed by atoms with Gasteiger partial charge in [0.2, 0.25) is 5.91 Å². The Balaban J connectivity index is 4.07. The van der Waals surface area contributed by atoms with Crippen LogP contribution in [0.4, 0.5) is 0 Å². The van der Waals surface area contributed by atoms with Gasteiger partial charge in [-0.15, -0.1) is 0 Å². The zero-order chi connectivity index (χ0) is 11.7. The molecule has 0 fully saturated rings. The predicted molar refractivity (Wildman–Crippen MR) is 61.7 cm³/mol. The van der Waals surface area contributed by atoms with Gasteiger partial charge in [-0.05, 0) is 19.8 Å². The lowest BCUT2D eigenvalue weighted by Gasteiger charge is -2.21. The van der Waals surface area contributed by atoms with Gasteiger partial charge in [0.1, 0.15) is 5.78 Å². The van der Waals surface area contributed by atoms with Gasteiger partial charge in [0.25, 0.3) is 0 Å². The van der Waals surface area contributed by atoms with E-state index in [4.69, 9.17) is 0 Å². The molecule has 3 heteroatoms. The van der Waals surface area contributed by atoms with Crippen LogP contribution in [-0.4, -0.2) is 29.7 Å². The van der Waals surface area contributed by atoms with E-state index in [0.717, 1.165) is 38.8 Å². The average Bonchev–Trinajstić information content (AvgIpc) is 2.17. The second-order valence-corrected chi connectivity index (χ2v) is 3.97. The van der Waals surface area contributed by atoms with E-state index in [1.807, 2.05) is 4.90 Å². The number of unbranched alkanes of at least 4 members (excludes halogenated alkanes) is 2. The monoisotopic (exact) mass is 213 g/mol. The van der Waals surface area contributed by atoms with Gasteiger partial charge in [-0.1, -0.05) is 26.7 Å². The Labute approximate surface area is 92.8 Å². The van der Waals surface area contributed by atoms with Crippen LogP contribution in [0.15, 0.2) is 0 Å². The number of hydrogen-bond donors (Lipinski definition) is 0. The normalized spacial score (nSPS) is 10.1. The lowest BCUT2D eigenvalue weighted by Crippen LogP contribution is -2.33. The minimum absolute atomic E-state index is 0.00981. The van der Waals surface area contributed by atoms with Crippen molar-refractivity contribution in [1.29, 1.82) is 0 Å². The molecule has 0 aliphatic heterocycles. The van der Waals surface area contributed by atoms with Crippen LogP contribution >= 0.6 is 0 Å². The van der Waals surface area contributed by atoms with E-state index in [1.165, 1.54) is 6.92 Å². The van der Waals surface area contributed by atoms with Crippen molar-refractivity contribution in [3.05, 3.63) is 0 Å². The molecule has 0 saturated carbocycles. The SMILES string of the molecule is CCCCN(CCCC)C(=O)CC(C)=O. The topological polar surface area (TPSA) is 37.4 Å². The highest BCUT2D eigenvalue weighted by molar-refractivity contribution is 5.96. The molecule has 0 aromatic rings. The summed E-state index contributed by atoms with van der Waals surface area (Å²) in [5.41, 5.74) is 0. The highest BCUT2D eigenvalue weighted by Gasteiger charge is 2.13. The third kappa shape index (κ3) is 7.11. The summed E-state index contributed by atoms with van der Waals surface area (Å²) in [7, 11) is 0. The highest BCUT2D eigenvalue weighted by atomic mass is 16.2. The molecule has 0 aliphatic carbocycles. The minimum Gasteiger partial charge on any atom is -0.342 e. The van der Waals surface area contributed by atoms with Gasteiger partial charge in [-0.25, -0.2) is 0 Å². The van der Waals surface area contributed by atoms with Crippen LogP contribution in [0.25, 0.3) is 0 Å². The van der Waals surface area contributed by atoms with Crippen molar-refractivity contribution in [3.8, 4) is 0 Å². The number of carbonyl (C=O) groups is 2. The molecule has 1 amide bonds. The van der Waals surface area contributed by atoms with Crippen molar-refractivity contribution in [2.45, 2.75) is 52.9 Å². The van der Waals surface area contributed by atoms with Crippen LogP contribution in [-0.2, 0) is 9.59 Å². The maximum Gasteiger partial charge on any atom is 0.230 e. The number of ketones is 1. The molecule has 0 N–H and O–H groups in total. The maximum absolute atomic E-state index is 11.7. The van der Waals surface area contributed by atoms with Gasteiger partial charge >= 0.3 is 0 Å². The Morgan fingerprint density at radius 3 is 1.80 bits per heavy atom. The Morgan fingerprint density at radius 2 is 1.47 bits per heavy atom. The Morgan fingerprint density at radius 1 is 1.00 bits per heavy atom. The first-order valence-electron chi connectivity index (χ1n) is 5.89. The van der Waals surface area contributed by atoms with Crippen LogP contribution in [0.1, 0.15) is 52.9 Å². The fraction of sp³-hybridized carbons (Fsp3) is 0.833. The summed E-state index contributed by atoms with van der Waals surface area (Å²) in [6.45, 7) is 7.27.